The minimum absolute atomic E-state index is 0.154. The standard InChI is InChI=1S/C15H9N3OS3/c19-14-11-13(16-12(17-14)10-7-4-8-21-10)18(15(20)22-11)9-5-2-1-3-6-9/h1-8H,(H,16,17,19). The molecule has 3 heterocycles. The van der Waals surface area contributed by atoms with Gasteiger partial charge in [0.05, 0.1) is 4.88 Å². The van der Waals surface area contributed by atoms with E-state index in [1.54, 1.807) is 0 Å². The van der Waals surface area contributed by atoms with Crippen molar-refractivity contribution in [2.45, 2.75) is 0 Å². The van der Waals surface area contributed by atoms with Gasteiger partial charge in [0, 0.05) is 5.69 Å². The lowest BCUT2D eigenvalue weighted by molar-refractivity contribution is 1.06. The van der Waals surface area contributed by atoms with Crippen molar-refractivity contribution in [1.29, 1.82) is 0 Å². The highest BCUT2D eigenvalue weighted by molar-refractivity contribution is 7.73. The Morgan fingerprint density at radius 1 is 1.14 bits per heavy atom. The van der Waals surface area contributed by atoms with Crippen LogP contribution < -0.4 is 5.56 Å². The summed E-state index contributed by atoms with van der Waals surface area (Å²) >= 11 is 8.25. The Morgan fingerprint density at radius 3 is 2.68 bits per heavy atom. The number of nitrogens with zero attached hydrogens (tertiary/aromatic N) is 2. The molecule has 1 N–H and O–H groups in total. The van der Waals surface area contributed by atoms with Crippen LogP contribution in [0.4, 0.5) is 0 Å². The smallest absolute Gasteiger partial charge is 0.270 e. The van der Waals surface area contributed by atoms with E-state index in [4.69, 9.17) is 12.2 Å². The van der Waals surface area contributed by atoms with Gasteiger partial charge in [0.2, 0.25) is 0 Å². The van der Waals surface area contributed by atoms with Gasteiger partial charge in [0.15, 0.2) is 15.4 Å². The fourth-order valence-corrected chi connectivity index (χ4v) is 4.19. The molecule has 4 rings (SSSR count). The van der Waals surface area contributed by atoms with Gasteiger partial charge in [-0.25, -0.2) is 4.98 Å². The van der Waals surface area contributed by atoms with Crippen molar-refractivity contribution in [3.8, 4) is 16.4 Å². The fourth-order valence-electron chi connectivity index (χ4n) is 2.25. The summed E-state index contributed by atoms with van der Waals surface area (Å²) in [5.74, 6) is 0.574. The van der Waals surface area contributed by atoms with E-state index in [1.807, 2.05) is 52.4 Å². The number of hydrogen-bond donors (Lipinski definition) is 1. The minimum Gasteiger partial charge on any atom is -0.304 e. The second-order valence-corrected chi connectivity index (χ2v) is 7.18. The lowest BCUT2D eigenvalue weighted by atomic mass is 10.3. The van der Waals surface area contributed by atoms with Gasteiger partial charge in [-0.1, -0.05) is 35.6 Å². The Morgan fingerprint density at radius 2 is 1.95 bits per heavy atom. The molecule has 4 nitrogen and oxygen atoms in total. The molecule has 0 saturated heterocycles. The Kier molecular flexibility index (Phi) is 3.25. The first kappa shape index (κ1) is 13.6. The van der Waals surface area contributed by atoms with E-state index in [-0.39, 0.29) is 5.56 Å². The number of fused-ring (bicyclic) bond motifs is 1. The van der Waals surface area contributed by atoms with Crippen molar-refractivity contribution in [2.24, 2.45) is 0 Å². The summed E-state index contributed by atoms with van der Waals surface area (Å²) in [5, 5.41) is 1.96. The predicted octanol–water partition coefficient (Wildman–Crippen LogP) is 4.23. The van der Waals surface area contributed by atoms with Gasteiger partial charge in [-0.05, 0) is 35.8 Å². The van der Waals surface area contributed by atoms with Crippen molar-refractivity contribution >= 4 is 45.2 Å². The predicted molar refractivity (Wildman–Crippen MR) is 93.7 cm³/mol. The molecule has 0 radical (unpaired) electrons. The first-order valence-electron chi connectivity index (χ1n) is 6.49. The fraction of sp³-hybridized carbons (Fsp3) is 0. The normalized spacial score (nSPS) is 11.1. The molecule has 0 spiro atoms. The average molecular weight is 343 g/mol. The third-order valence-electron chi connectivity index (χ3n) is 3.21. The SMILES string of the molecule is O=c1[nH]c(-c2cccs2)nc2c1sc(=S)n2-c1ccccc1. The summed E-state index contributed by atoms with van der Waals surface area (Å²) < 4.78 is 3.01. The molecule has 0 aliphatic heterocycles. The number of aromatic amines is 1. The van der Waals surface area contributed by atoms with Crippen LogP contribution in [0.15, 0.2) is 52.6 Å². The zero-order valence-electron chi connectivity index (χ0n) is 11.1. The van der Waals surface area contributed by atoms with Gasteiger partial charge in [0.1, 0.15) is 4.70 Å². The number of para-hydroxylation sites is 1. The zero-order valence-corrected chi connectivity index (χ0v) is 13.6. The molecule has 0 atom stereocenters. The quantitative estimate of drug-likeness (QED) is 0.554. The maximum atomic E-state index is 12.4. The molecule has 0 amide bonds. The van der Waals surface area contributed by atoms with Crippen LogP contribution in [0.2, 0.25) is 0 Å². The third kappa shape index (κ3) is 2.14. The molecule has 0 saturated carbocycles. The zero-order chi connectivity index (χ0) is 15.1. The first-order chi connectivity index (χ1) is 10.7. The largest absolute Gasteiger partial charge is 0.304 e. The van der Waals surface area contributed by atoms with Gasteiger partial charge in [-0.3, -0.25) is 9.36 Å². The van der Waals surface area contributed by atoms with Crippen molar-refractivity contribution in [3.63, 3.8) is 0 Å². The second-order valence-electron chi connectivity index (χ2n) is 4.58. The van der Waals surface area contributed by atoms with Crippen LogP contribution in [0.1, 0.15) is 0 Å². The van der Waals surface area contributed by atoms with Crippen LogP contribution in [0.25, 0.3) is 26.7 Å². The molecule has 3 aromatic heterocycles. The maximum absolute atomic E-state index is 12.4. The third-order valence-corrected chi connectivity index (χ3v) is 5.45. The van der Waals surface area contributed by atoms with E-state index in [2.05, 4.69) is 9.97 Å². The topological polar surface area (TPSA) is 50.7 Å². The molecular weight excluding hydrogens is 334 g/mol. The van der Waals surface area contributed by atoms with Crippen LogP contribution in [0, 0.1) is 3.95 Å². The summed E-state index contributed by atoms with van der Waals surface area (Å²) in [4.78, 5) is 20.8. The van der Waals surface area contributed by atoms with Gasteiger partial charge in [-0.2, -0.15) is 0 Å². The minimum atomic E-state index is -0.154. The molecule has 0 fully saturated rings. The van der Waals surface area contributed by atoms with Crippen LogP contribution in [0.5, 0.6) is 0 Å². The molecule has 1 aromatic carbocycles. The van der Waals surface area contributed by atoms with Crippen LogP contribution in [-0.2, 0) is 0 Å². The molecule has 0 bridgehead atoms. The maximum Gasteiger partial charge on any atom is 0.270 e. The number of thiazole rings is 1. The summed E-state index contributed by atoms with van der Waals surface area (Å²) in [5.41, 5.74) is 1.36. The highest BCUT2D eigenvalue weighted by Gasteiger charge is 2.14. The van der Waals surface area contributed by atoms with Crippen LogP contribution in [0.3, 0.4) is 0 Å². The summed E-state index contributed by atoms with van der Waals surface area (Å²) in [6.45, 7) is 0. The summed E-state index contributed by atoms with van der Waals surface area (Å²) in [6.07, 6.45) is 0. The molecule has 0 aliphatic rings. The highest BCUT2D eigenvalue weighted by Crippen LogP contribution is 2.26. The molecule has 108 valence electrons. The van der Waals surface area contributed by atoms with Crippen LogP contribution >= 0.6 is 34.9 Å². The Hall–Kier alpha value is -2.09. The Labute approximate surface area is 138 Å². The van der Waals surface area contributed by atoms with Crippen LogP contribution in [-0.4, -0.2) is 14.5 Å². The van der Waals surface area contributed by atoms with Crippen molar-refractivity contribution in [2.75, 3.05) is 0 Å². The summed E-state index contributed by atoms with van der Waals surface area (Å²) in [6, 6.07) is 13.6. The first-order valence-corrected chi connectivity index (χ1v) is 8.59. The number of benzene rings is 1. The van der Waals surface area contributed by atoms with Gasteiger partial charge in [0.25, 0.3) is 5.56 Å². The number of nitrogens with one attached hydrogen (secondary N) is 1. The summed E-state index contributed by atoms with van der Waals surface area (Å²) in [7, 11) is 0. The van der Waals surface area contributed by atoms with E-state index < -0.39 is 0 Å². The van der Waals surface area contributed by atoms with E-state index in [0.717, 1.165) is 10.6 Å². The van der Waals surface area contributed by atoms with Crippen molar-refractivity contribution in [3.05, 3.63) is 62.2 Å². The monoisotopic (exact) mass is 343 g/mol. The lowest BCUT2D eigenvalue weighted by Gasteiger charge is -2.04. The second kappa shape index (κ2) is 5.28. The van der Waals surface area contributed by atoms with Gasteiger partial charge >= 0.3 is 0 Å². The van der Waals surface area contributed by atoms with Crippen molar-refractivity contribution in [1.82, 2.24) is 14.5 Å². The highest BCUT2D eigenvalue weighted by atomic mass is 32.1. The molecule has 0 aliphatic carbocycles. The number of hydrogen-bond acceptors (Lipinski definition) is 5. The average Bonchev–Trinajstić information content (AvgIpc) is 3.15. The van der Waals surface area contributed by atoms with Crippen molar-refractivity contribution < 1.29 is 0 Å². The number of aromatic nitrogens is 3. The Bertz CT molecular complexity index is 1060. The molecular formula is C15H9N3OS3. The van der Waals surface area contributed by atoms with E-state index in [9.17, 15) is 4.79 Å². The lowest BCUT2D eigenvalue weighted by Crippen LogP contribution is -2.09. The number of thiophene rings is 1. The van der Waals surface area contributed by atoms with Gasteiger partial charge < -0.3 is 4.98 Å². The van der Waals surface area contributed by atoms with Gasteiger partial charge in [-0.15, -0.1) is 11.3 Å². The van der Waals surface area contributed by atoms with E-state index in [0.29, 0.717) is 20.1 Å². The van der Waals surface area contributed by atoms with E-state index in [1.165, 1.54) is 22.7 Å². The van der Waals surface area contributed by atoms with E-state index >= 15 is 0 Å². The number of rotatable bonds is 2. The Balaban J connectivity index is 2.08. The molecule has 22 heavy (non-hydrogen) atoms. The molecule has 7 heteroatoms. The molecule has 0 unspecified atom stereocenters. The molecule has 4 aromatic rings. The number of H-pyrrole nitrogens is 1.